The van der Waals surface area contributed by atoms with Crippen LogP contribution in [-0.4, -0.2) is 15.7 Å². The van der Waals surface area contributed by atoms with Gasteiger partial charge in [0.15, 0.2) is 0 Å². The van der Waals surface area contributed by atoms with Crippen LogP contribution in [0, 0.1) is 0 Å². The summed E-state index contributed by atoms with van der Waals surface area (Å²) in [7, 11) is 0. The molecule has 0 bridgehead atoms. The summed E-state index contributed by atoms with van der Waals surface area (Å²) in [5.41, 5.74) is -2.99. The standard InChI is InChI=1S/C19H13F6N3O2/c20-18(21,22)13-4-3-12(16(8-13)19(23,24)25)10-28-11-14(9-26-28)27-17(29)6-5-15-2-1-7-30-15/h1-9,11H,10H2,(H,27,29)/b6-5-. The molecule has 3 aromatic rings. The van der Waals surface area contributed by atoms with E-state index in [4.69, 9.17) is 4.42 Å². The fourth-order valence-corrected chi connectivity index (χ4v) is 2.57. The minimum atomic E-state index is -4.97. The molecule has 0 radical (unpaired) electrons. The Balaban J connectivity index is 1.74. The molecule has 0 aliphatic rings. The molecule has 3 rings (SSSR count). The van der Waals surface area contributed by atoms with Crippen LogP contribution in [0.1, 0.15) is 22.5 Å². The molecule has 0 saturated carbocycles. The minimum absolute atomic E-state index is 0.0704. The average molecular weight is 429 g/mol. The highest BCUT2D eigenvalue weighted by molar-refractivity contribution is 6.01. The van der Waals surface area contributed by atoms with Gasteiger partial charge < -0.3 is 9.73 Å². The third kappa shape index (κ3) is 5.31. The second-order valence-electron chi connectivity index (χ2n) is 6.13. The van der Waals surface area contributed by atoms with Gasteiger partial charge in [0.25, 0.3) is 0 Å². The van der Waals surface area contributed by atoms with Crippen LogP contribution >= 0.6 is 0 Å². The molecule has 11 heteroatoms. The number of alkyl halides is 6. The van der Waals surface area contributed by atoms with Crippen molar-refractivity contribution in [1.29, 1.82) is 0 Å². The van der Waals surface area contributed by atoms with Gasteiger partial charge in [0.05, 0.1) is 35.8 Å². The Morgan fingerprint density at radius 1 is 1.13 bits per heavy atom. The Kier molecular flexibility index (Phi) is 5.72. The molecule has 0 aliphatic heterocycles. The molecular formula is C19H13F6N3O2. The maximum absolute atomic E-state index is 13.2. The first-order valence-corrected chi connectivity index (χ1v) is 8.35. The molecule has 5 nitrogen and oxygen atoms in total. The second kappa shape index (κ2) is 8.09. The topological polar surface area (TPSA) is 60.1 Å². The van der Waals surface area contributed by atoms with Crippen LogP contribution in [0.5, 0.6) is 0 Å². The highest BCUT2D eigenvalue weighted by Gasteiger charge is 2.38. The third-order valence-corrected chi connectivity index (χ3v) is 3.92. The van der Waals surface area contributed by atoms with Crippen molar-refractivity contribution < 1.29 is 35.6 Å². The van der Waals surface area contributed by atoms with Gasteiger partial charge in [-0.05, 0) is 35.9 Å². The Labute approximate surface area is 165 Å². The Morgan fingerprint density at radius 2 is 1.90 bits per heavy atom. The van der Waals surface area contributed by atoms with Gasteiger partial charge in [0, 0.05) is 12.3 Å². The molecular weight excluding hydrogens is 416 g/mol. The van der Waals surface area contributed by atoms with E-state index in [1.807, 2.05) is 0 Å². The van der Waals surface area contributed by atoms with Crippen molar-refractivity contribution in [1.82, 2.24) is 9.78 Å². The summed E-state index contributed by atoms with van der Waals surface area (Å²) in [6.45, 7) is -0.439. The van der Waals surface area contributed by atoms with Crippen LogP contribution in [-0.2, 0) is 23.7 Å². The predicted molar refractivity (Wildman–Crippen MR) is 94.1 cm³/mol. The SMILES string of the molecule is O=C(/C=C\c1ccco1)Nc1cnn(Cc2ccc(C(F)(F)F)cc2C(F)(F)F)c1. The molecule has 0 spiro atoms. The average Bonchev–Trinajstić information content (AvgIpc) is 3.30. The summed E-state index contributed by atoms with van der Waals surface area (Å²) >= 11 is 0. The van der Waals surface area contributed by atoms with Crippen molar-refractivity contribution in [2.24, 2.45) is 0 Å². The number of benzene rings is 1. The number of carbonyl (C=O) groups is 1. The van der Waals surface area contributed by atoms with Gasteiger partial charge in [-0.25, -0.2) is 0 Å². The first-order chi connectivity index (χ1) is 14.0. The van der Waals surface area contributed by atoms with Crippen LogP contribution in [0.2, 0.25) is 0 Å². The van der Waals surface area contributed by atoms with Gasteiger partial charge >= 0.3 is 12.4 Å². The molecule has 30 heavy (non-hydrogen) atoms. The van der Waals surface area contributed by atoms with E-state index in [0.717, 1.165) is 10.7 Å². The molecule has 1 aromatic carbocycles. The molecule has 1 N–H and O–H groups in total. The van der Waals surface area contributed by atoms with E-state index in [0.29, 0.717) is 11.8 Å². The molecule has 0 aliphatic carbocycles. The van der Waals surface area contributed by atoms with Crippen LogP contribution in [0.4, 0.5) is 32.0 Å². The van der Waals surface area contributed by atoms with Gasteiger partial charge in [-0.2, -0.15) is 31.4 Å². The zero-order valence-electron chi connectivity index (χ0n) is 15.0. The zero-order valence-corrected chi connectivity index (χ0v) is 15.0. The van der Waals surface area contributed by atoms with Crippen LogP contribution in [0.15, 0.2) is 59.5 Å². The van der Waals surface area contributed by atoms with Gasteiger partial charge in [-0.3, -0.25) is 9.48 Å². The van der Waals surface area contributed by atoms with Gasteiger partial charge in [-0.1, -0.05) is 6.07 Å². The number of carbonyl (C=O) groups excluding carboxylic acids is 1. The number of hydrogen-bond donors (Lipinski definition) is 1. The smallest absolute Gasteiger partial charge is 0.416 e. The van der Waals surface area contributed by atoms with E-state index in [2.05, 4.69) is 10.4 Å². The molecule has 0 saturated heterocycles. The number of aromatic nitrogens is 2. The van der Waals surface area contributed by atoms with E-state index in [1.165, 1.54) is 30.8 Å². The summed E-state index contributed by atoms with van der Waals surface area (Å²) in [5.74, 6) is -0.0840. The maximum Gasteiger partial charge on any atom is 0.416 e. The molecule has 2 heterocycles. The fourth-order valence-electron chi connectivity index (χ4n) is 2.57. The molecule has 1 amide bonds. The van der Waals surface area contributed by atoms with E-state index in [-0.39, 0.29) is 11.8 Å². The monoisotopic (exact) mass is 429 g/mol. The van der Waals surface area contributed by atoms with Crippen molar-refractivity contribution in [3.63, 3.8) is 0 Å². The maximum atomic E-state index is 13.2. The highest BCUT2D eigenvalue weighted by atomic mass is 19.4. The number of furan rings is 1. The summed E-state index contributed by atoms with van der Waals surface area (Å²) < 4.78 is 84.1. The predicted octanol–water partition coefficient (Wildman–Crippen LogP) is 5.21. The van der Waals surface area contributed by atoms with Crippen LogP contribution in [0.3, 0.4) is 0 Å². The van der Waals surface area contributed by atoms with Crippen molar-refractivity contribution >= 4 is 17.7 Å². The number of halogens is 6. The zero-order chi connectivity index (χ0) is 21.9. The van der Waals surface area contributed by atoms with Gasteiger partial charge in [-0.15, -0.1) is 0 Å². The lowest BCUT2D eigenvalue weighted by molar-refractivity contribution is -0.143. The lowest BCUT2D eigenvalue weighted by atomic mass is 10.0. The fraction of sp³-hybridized carbons (Fsp3) is 0.158. The van der Waals surface area contributed by atoms with Crippen LogP contribution < -0.4 is 5.32 Å². The van der Waals surface area contributed by atoms with E-state index in [1.54, 1.807) is 12.1 Å². The van der Waals surface area contributed by atoms with Crippen molar-refractivity contribution in [3.8, 4) is 0 Å². The van der Waals surface area contributed by atoms with E-state index >= 15 is 0 Å². The summed E-state index contributed by atoms with van der Waals surface area (Å²) in [6, 6.07) is 4.68. The normalized spacial score (nSPS) is 12.5. The number of nitrogens with one attached hydrogen (secondary N) is 1. The molecule has 0 atom stereocenters. The highest BCUT2D eigenvalue weighted by Crippen LogP contribution is 2.37. The van der Waals surface area contributed by atoms with Crippen molar-refractivity contribution in [3.05, 3.63) is 77.5 Å². The Bertz CT molecular complexity index is 1050. The van der Waals surface area contributed by atoms with Crippen molar-refractivity contribution in [2.45, 2.75) is 18.9 Å². The molecule has 0 unspecified atom stereocenters. The molecule has 0 fully saturated rings. The molecule has 158 valence electrons. The number of amides is 1. The quantitative estimate of drug-likeness (QED) is 0.447. The van der Waals surface area contributed by atoms with E-state index < -0.39 is 41.5 Å². The van der Waals surface area contributed by atoms with Crippen molar-refractivity contribution in [2.75, 3.05) is 5.32 Å². The third-order valence-electron chi connectivity index (χ3n) is 3.92. The number of nitrogens with zero attached hydrogens (tertiary/aromatic N) is 2. The minimum Gasteiger partial charge on any atom is -0.465 e. The lowest BCUT2D eigenvalue weighted by Crippen LogP contribution is -2.15. The number of anilines is 1. The Morgan fingerprint density at radius 3 is 2.53 bits per heavy atom. The van der Waals surface area contributed by atoms with Crippen LogP contribution in [0.25, 0.3) is 6.08 Å². The Hall–Kier alpha value is -3.50. The number of rotatable bonds is 5. The van der Waals surface area contributed by atoms with Gasteiger partial charge in [0.2, 0.25) is 5.91 Å². The van der Waals surface area contributed by atoms with E-state index in [9.17, 15) is 31.1 Å². The van der Waals surface area contributed by atoms with Gasteiger partial charge in [0.1, 0.15) is 5.76 Å². The number of hydrogen-bond acceptors (Lipinski definition) is 3. The summed E-state index contributed by atoms with van der Waals surface area (Å²) in [4.78, 5) is 11.9. The first-order valence-electron chi connectivity index (χ1n) is 8.35. The summed E-state index contributed by atoms with van der Waals surface area (Å²) in [5, 5.41) is 6.30. The summed E-state index contributed by atoms with van der Waals surface area (Å²) in [6.07, 6.45) is -3.38. The first kappa shape index (κ1) is 21.2. The molecule has 2 aromatic heterocycles. The largest absolute Gasteiger partial charge is 0.465 e. The second-order valence-corrected chi connectivity index (χ2v) is 6.13. The lowest BCUT2D eigenvalue weighted by Gasteiger charge is -2.16.